The molecule has 0 aromatic heterocycles. The first-order valence-corrected chi connectivity index (χ1v) is 10.4. The minimum atomic E-state index is -4.70. The van der Waals surface area contributed by atoms with Gasteiger partial charge in [0.1, 0.15) is 5.82 Å². The van der Waals surface area contributed by atoms with E-state index >= 15 is 0 Å². The summed E-state index contributed by atoms with van der Waals surface area (Å²) in [6, 6.07) is 12.3. The van der Waals surface area contributed by atoms with Gasteiger partial charge in [-0.2, -0.15) is 13.2 Å². The Morgan fingerprint density at radius 3 is 2.29 bits per heavy atom. The lowest BCUT2D eigenvalue weighted by Crippen LogP contribution is -2.17. The lowest BCUT2D eigenvalue weighted by atomic mass is 10.2. The second kappa shape index (κ2) is 8.56. The third-order valence-corrected chi connectivity index (χ3v) is 5.76. The van der Waals surface area contributed by atoms with E-state index in [-0.39, 0.29) is 16.3 Å². The van der Waals surface area contributed by atoms with Crippen LogP contribution >= 0.6 is 11.6 Å². The van der Waals surface area contributed by atoms with Gasteiger partial charge in [-0.15, -0.1) is 0 Å². The predicted octanol–water partition coefficient (Wildman–Crippen LogP) is 5.55. The summed E-state index contributed by atoms with van der Waals surface area (Å²) in [4.78, 5) is 12.0. The number of alkyl halides is 3. The predicted molar refractivity (Wildman–Crippen MR) is 108 cm³/mol. The molecule has 5 nitrogen and oxygen atoms in total. The minimum Gasteiger partial charge on any atom is -0.319 e. The summed E-state index contributed by atoms with van der Waals surface area (Å²) in [5.74, 6) is -1.46. The van der Waals surface area contributed by atoms with E-state index in [2.05, 4.69) is 5.32 Å². The molecule has 2 N–H and O–H groups in total. The number of para-hydroxylation sites is 1. The van der Waals surface area contributed by atoms with Crippen molar-refractivity contribution in [3.05, 3.63) is 88.7 Å². The van der Waals surface area contributed by atoms with Crippen molar-refractivity contribution in [1.29, 1.82) is 0 Å². The van der Waals surface area contributed by atoms with Crippen LogP contribution in [0.15, 0.2) is 71.6 Å². The number of benzene rings is 3. The van der Waals surface area contributed by atoms with Crippen LogP contribution in [0.5, 0.6) is 0 Å². The smallest absolute Gasteiger partial charge is 0.319 e. The number of anilines is 2. The third-order valence-electron chi connectivity index (χ3n) is 4.07. The van der Waals surface area contributed by atoms with Crippen LogP contribution in [-0.2, 0) is 16.2 Å². The highest BCUT2D eigenvalue weighted by atomic mass is 35.5. The first-order chi connectivity index (χ1) is 14.5. The summed E-state index contributed by atoms with van der Waals surface area (Å²) in [6.45, 7) is 0. The monoisotopic (exact) mass is 472 g/mol. The highest BCUT2D eigenvalue weighted by molar-refractivity contribution is 7.92. The molecule has 0 bridgehead atoms. The van der Waals surface area contributed by atoms with Crippen molar-refractivity contribution >= 4 is 38.9 Å². The van der Waals surface area contributed by atoms with E-state index in [1.54, 1.807) is 0 Å². The molecule has 0 radical (unpaired) electrons. The Balaban J connectivity index is 1.88. The lowest BCUT2D eigenvalue weighted by molar-refractivity contribution is -0.137. The van der Waals surface area contributed by atoms with E-state index in [0.717, 1.165) is 24.3 Å². The molecule has 0 unspecified atom stereocenters. The van der Waals surface area contributed by atoms with Gasteiger partial charge in [-0.1, -0.05) is 29.8 Å². The zero-order valence-corrected chi connectivity index (χ0v) is 16.9. The van der Waals surface area contributed by atoms with Crippen molar-refractivity contribution in [3.8, 4) is 0 Å². The number of nitrogens with one attached hydrogen (secondary N) is 2. The molecule has 0 heterocycles. The number of halogens is 5. The number of hydrogen-bond donors (Lipinski definition) is 2. The fourth-order valence-corrected chi connectivity index (χ4v) is 3.88. The van der Waals surface area contributed by atoms with Crippen LogP contribution < -0.4 is 10.0 Å². The van der Waals surface area contributed by atoms with Gasteiger partial charge in [0.2, 0.25) is 0 Å². The topological polar surface area (TPSA) is 75.3 Å². The second-order valence-corrected chi connectivity index (χ2v) is 8.35. The van der Waals surface area contributed by atoms with Gasteiger partial charge < -0.3 is 5.32 Å². The van der Waals surface area contributed by atoms with Crippen LogP contribution in [0.25, 0.3) is 0 Å². The molecule has 0 atom stereocenters. The number of carbonyl (C=O) groups is 1. The number of hydrogen-bond acceptors (Lipinski definition) is 3. The molecule has 3 rings (SSSR count). The zero-order chi connectivity index (χ0) is 22.8. The average molecular weight is 473 g/mol. The summed E-state index contributed by atoms with van der Waals surface area (Å²) in [6.07, 6.45) is -4.70. The summed E-state index contributed by atoms with van der Waals surface area (Å²) in [5.41, 5.74) is -1.78. The van der Waals surface area contributed by atoms with E-state index < -0.39 is 44.1 Å². The molecule has 0 aliphatic heterocycles. The summed E-state index contributed by atoms with van der Waals surface area (Å²) < 4.78 is 79.8. The first kappa shape index (κ1) is 22.6. The molecule has 31 heavy (non-hydrogen) atoms. The quantitative estimate of drug-likeness (QED) is 0.478. The Morgan fingerprint density at radius 1 is 0.903 bits per heavy atom. The molecule has 1 amide bonds. The van der Waals surface area contributed by atoms with Crippen LogP contribution in [0.1, 0.15) is 15.9 Å². The van der Waals surface area contributed by atoms with Crippen LogP contribution in [0, 0.1) is 5.82 Å². The van der Waals surface area contributed by atoms with Crippen molar-refractivity contribution in [2.24, 2.45) is 0 Å². The SMILES string of the molecule is O=C(Nc1ccccc1F)c1cccc(S(=O)(=O)Nc2cc(C(F)(F)F)ccc2Cl)c1. The highest BCUT2D eigenvalue weighted by Gasteiger charge is 2.31. The molecule has 0 spiro atoms. The fourth-order valence-electron chi connectivity index (χ4n) is 2.55. The van der Waals surface area contributed by atoms with Gasteiger partial charge >= 0.3 is 6.18 Å². The molecule has 3 aromatic rings. The number of rotatable bonds is 5. The van der Waals surface area contributed by atoms with Crippen molar-refractivity contribution < 1.29 is 30.8 Å². The molecule has 0 saturated heterocycles. The molecule has 0 aliphatic rings. The Labute approximate surface area is 179 Å². The maximum absolute atomic E-state index is 13.7. The normalized spacial score (nSPS) is 11.8. The van der Waals surface area contributed by atoms with Gasteiger partial charge in [-0.25, -0.2) is 12.8 Å². The molecule has 3 aromatic carbocycles. The molecular weight excluding hydrogens is 460 g/mol. The maximum atomic E-state index is 13.7. The molecule has 162 valence electrons. The standard InChI is InChI=1S/C20H13ClF4N2O3S/c21-15-9-8-13(20(23,24)25)11-18(15)27-31(29,30)14-5-3-4-12(10-14)19(28)26-17-7-2-1-6-16(17)22/h1-11,27H,(H,26,28). The van der Waals surface area contributed by atoms with Gasteiger partial charge in [0, 0.05) is 5.56 Å². The Bertz CT molecular complexity index is 1250. The fraction of sp³-hybridized carbons (Fsp3) is 0.0500. The van der Waals surface area contributed by atoms with Crippen LogP contribution in [0.3, 0.4) is 0 Å². The highest BCUT2D eigenvalue weighted by Crippen LogP contribution is 2.34. The lowest BCUT2D eigenvalue weighted by Gasteiger charge is -2.13. The summed E-state index contributed by atoms with van der Waals surface area (Å²) in [7, 11) is -4.39. The third kappa shape index (κ3) is 5.33. The Morgan fingerprint density at radius 2 is 1.61 bits per heavy atom. The van der Waals surface area contributed by atoms with Crippen molar-refractivity contribution in [2.45, 2.75) is 11.1 Å². The molecule has 0 fully saturated rings. The van der Waals surface area contributed by atoms with Crippen LogP contribution in [0.2, 0.25) is 5.02 Å². The summed E-state index contributed by atoms with van der Waals surface area (Å²) >= 11 is 5.83. The average Bonchev–Trinajstić information content (AvgIpc) is 2.70. The molecular formula is C20H13ClF4N2O3S. The Kier molecular flexibility index (Phi) is 6.23. The molecule has 0 saturated carbocycles. The second-order valence-electron chi connectivity index (χ2n) is 6.26. The molecule has 11 heteroatoms. The van der Waals surface area contributed by atoms with E-state index in [1.165, 1.54) is 30.3 Å². The molecule has 0 aliphatic carbocycles. The van der Waals surface area contributed by atoms with E-state index in [0.29, 0.717) is 12.1 Å². The number of amides is 1. The van der Waals surface area contributed by atoms with Gasteiger partial charge in [0.15, 0.2) is 0 Å². The van der Waals surface area contributed by atoms with E-state index in [4.69, 9.17) is 11.6 Å². The van der Waals surface area contributed by atoms with Crippen LogP contribution in [0.4, 0.5) is 28.9 Å². The van der Waals surface area contributed by atoms with Gasteiger partial charge in [0.05, 0.1) is 26.9 Å². The van der Waals surface area contributed by atoms with E-state index in [1.807, 2.05) is 4.72 Å². The Hall–Kier alpha value is -3.11. The van der Waals surface area contributed by atoms with Crippen molar-refractivity contribution in [1.82, 2.24) is 0 Å². The van der Waals surface area contributed by atoms with Gasteiger partial charge in [-0.05, 0) is 48.5 Å². The summed E-state index contributed by atoms with van der Waals surface area (Å²) in [5, 5.41) is 2.07. The van der Waals surface area contributed by atoms with Crippen molar-refractivity contribution in [2.75, 3.05) is 10.0 Å². The largest absolute Gasteiger partial charge is 0.416 e. The minimum absolute atomic E-state index is 0.102. The number of carbonyl (C=O) groups excluding carboxylic acids is 1. The van der Waals surface area contributed by atoms with Gasteiger partial charge in [0.25, 0.3) is 15.9 Å². The van der Waals surface area contributed by atoms with Crippen LogP contribution in [-0.4, -0.2) is 14.3 Å². The van der Waals surface area contributed by atoms with Crippen molar-refractivity contribution in [3.63, 3.8) is 0 Å². The van der Waals surface area contributed by atoms with Gasteiger partial charge in [-0.3, -0.25) is 9.52 Å². The zero-order valence-electron chi connectivity index (χ0n) is 15.4. The maximum Gasteiger partial charge on any atom is 0.416 e. The first-order valence-electron chi connectivity index (χ1n) is 8.53. The number of sulfonamides is 1. The van der Waals surface area contributed by atoms with E-state index in [9.17, 15) is 30.8 Å².